The van der Waals surface area contributed by atoms with Crippen LogP contribution in [0.4, 0.5) is 4.79 Å². The maximum absolute atomic E-state index is 13.1. The molecule has 2 amide bonds. The first-order valence-corrected chi connectivity index (χ1v) is 13.9. The summed E-state index contributed by atoms with van der Waals surface area (Å²) in [4.78, 5) is 25.8. The molecule has 0 spiro atoms. The highest BCUT2D eigenvalue weighted by Crippen LogP contribution is 2.50. The molecule has 2 aromatic rings. The van der Waals surface area contributed by atoms with E-state index >= 15 is 0 Å². The first kappa shape index (κ1) is 28.2. The van der Waals surface area contributed by atoms with Gasteiger partial charge in [-0.2, -0.15) is 0 Å². The largest absolute Gasteiger partial charge is 0.481 e. The average Bonchev–Trinajstić information content (AvgIpc) is 3.22. The van der Waals surface area contributed by atoms with Crippen LogP contribution >= 0.6 is 11.6 Å². The number of benzene rings is 2. The van der Waals surface area contributed by atoms with Gasteiger partial charge in [0.2, 0.25) is 0 Å². The molecule has 1 fully saturated rings. The number of carboxylic acid groups (broad SMARTS) is 1. The summed E-state index contributed by atoms with van der Waals surface area (Å²) in [6.45, 7) is 7.96. The van der Waals surface area contributed by atoms with Crippen LogP contribution in [0.5, 0.6) is 0 Å². The predicted molar refractivity (Wildman–Crippen MR) is 150 cm³/mol. The number of halogens is 1. The van der Waals surface area contributed by atoms with Crippen molar-refractivity contribution in [1.29, 1.82) is 0 Å². The molecule has 0 radical (unpaired) electrons. The van der Waals surface area contributed by atoms with Crippen molar-refractivity contribution in [3.8, 4) is 0 Å². The molecule has 1 saturated carbocycles. The zero-order valence-electron chi connectivity index (χ0n) is 22.6. The lowest BCUT2D eigenvalue weighted by Crippen LogP contribution is -2.54. The Balaban J connectivity index is 1.55. The van der Waals surface area contributed by atoms with Crippen molar-refractivity contribution in [2.45, 2.75) is 71.4 Å². The maximum atomic E-state index is 13.1. The molecule has 0 bridgehead atoms. The SMILES string of the molecule is CC(C)(C)CCc1ccc(C23CCC(CCOCc4ccccc4)C2=CN(CCC(=O)O)C(=O)N3)cc1Cl. The van der Waals surface area contributed by atoms with Crippen LogP contribution < -0.4 is 5.32 Å². The third kappa shape index (κ3) is 6.78. The summed E-state index contributed by atoms with van der Waals surface area (Å²) < 4.78 is 5.99. The fourth-order valence-electron chi connectivity index (χ4n) is 5.45. The van der Waals surface area contributed by atoms with Gasteiger partial charge >= 0.3 is 12.0 Å². The van der Waals surface area contributed by atoms with Crippen LogP contribution in [0.1, 0.15) is 69.6 Å². The number of nitrogens with zero attached hydrogens (tertiary/aromatic N) is 1. The number of hydrogen-bond acceptors (Lipinski definition) is 3. The van der Waals surface area contributed by atoms with E-state index in [1.54, 1.807) is 0 Å². The van der Waals surface area contributed by atoms with Crippen LogP contribution in [-0.2, 0) is 28.1 Å². The van der Waals surface area contributed by atoms with E-state index in [1.165, 1.54) is 4.90 Å². The van der Waals surface area contributed by atoms with Gasteiger partial charge in [-0.15, -0.1) is 0 Å². The fraction of sp³-hybridized carbons (Fsp3) is 0.484. The minimum atomic E-state index is -0.928. The standard InChI is InChI=1S/C31H39ClN2O4/c1-30(2,3)15-11-24-9-10-25(19-27(24)32)31-16-12-23(14-18-38-21-22-7-5-4-6-8-22)26(31)20-34(29(37)33-31)17-13-28(35)36/h4-10,19-20,23H,11-18,21H2,1-3H3,(H,33,37)(H,35,36). The third-order valence-corrected chi connectivity index (χ3v) is 8.01. The van der Waals surface area contributed by atoms with E-state index in [4.69, 9.17) is 16.3 Å². The van der Waals surface area contributed by atoms with Gasteiger partial charge in [0.05, 0.1) is 18.6 Å². The smallest absolute Gasteiger partial charge is 0.322 e. The quantitative estimate of drug-likeness (QED) is 0.304. The second-order valence-corrected chi connectivity index (χ2v) is 12.1. The summed E-state index contributed by atoms with van der Waals surface area (Å²) in [6.07, 6.45) is 6.19. The van der Waals surface area contributed by atoms with Gasteiger partial charge in [0.1, 0.15) is 0 Å². The van der Waals surface area contributed by atoms with E-state index in [2.05, 4.69) is 50.4 Å². The van der Waals surface area contributed by atoms with E-state index in [9.17, 15) is 14.7 Å². The molecule has 1 heterocycles. The number of fused-ring (bicyclic) bond motifs is 1. The van der Waals surface area contributed by atoms with Crippen molar-refractivity contribution >= 4 is 23.6 Å². The highest BCUT2D eigenvalue weighted by atomic mass is 35.5. The van der Waals surface area contributed by atoms with Gasteiger partial charge in [-0.05, 0) is 71.8 Å². The van der Waals surface area contributed by atoms with Gasteiger partial charge < -0.3 is 20.1 Å². The molecule has 4 rings (SSSR count). The number of carbonyl (C=O) groups is 2. The maximum Gasteiger partial charge on any atom is 0.322 e. The molecule has 6 nitrogen and oxygen atoms in total. The van der Waals surface area contributed by atoms with Gasteiger partial charge in [-0.3, -0.25) is 4.79 Å². The van der Waals surface area contributed by atoms with Crippen molar-refractivity contribution in [2.75, 3.05) is 13.2 Å². The highest BCUT2D eigenvalue weighted by Gasteiger charge is 2.49. The van der Waals surface area contributed by atoms with Crippen LogP contribution in [0.15, 0.2) is 60.3 Å². The number of ether oxygens (including phenoxy) is 1. The number of hydrogen-bond donors (Lipinski definition) is 2. The Morgan fingerprint density at radius 1 is 1.21 bits per heavy atom. The minimum Gasteiger partial charge on any atom is -0.481 e. The Labute approximate surface area is 231 Å². The van der Waals surface area contributed by atoms with Gasteiger partial charge in [0.15, 0.2) is 0 Å². The molecule has 7 heteroatoms. The topological polar surface area (TPSA) is 78.9 Å². The normalized spacial score (nSPS) is 21.2. The number of aryl methyl sites for hydroxylation is 1. The van der Waals surface area contributed by atoms with Gasteiger partial charge in [0.25, 0.3) is 0 Å². The number of amides is 2. The van der Waals surface area contributed by atoms with Crippen LogP contribution in [0.3, 0.4) is 0 Å². The van der Waals surface area contributed by atoms with Crippen molar-refractivity contribution < 1.29 is 19.4 Å². The molecule has 2 atom stereocenters. The van der Waals surface area contributed by atoms with E-state index < -0.39 is 11.5 Å². The summed E-state index contributed by atoms with van der Waals surface area (Å²) in [5, 5.41) is 13.2. The number of urea groups is 1. The molecule has 1 aliphatic carbocycles. The van der Waals surface area contributed by atoms with E-state index in [0.29, 0.717) is 13.2 Å². The monoisotopic (exact) mass is 538 g/mol. The third-order valence-electron chi connectivity index (χ3n) is 7.66. The number of carboxylic acids is 1. The van der Waals surface area contributed by atoms with Gasteiger partial charge in [0, 0.05) is 24.4 Å². The summed E-state index contributed by atoms with van der Waals surface area (Å²) in [5.74, 6) is -0.721. The summed E-state index contributed by atoms with van der Waals surface area (Å²) in [6, 6.07) is 16.0. The molecule has 1 aliphatic heterocycles. The van der Waals surface area contributed by atoms with Crippen LogP contribution in [0, 0.1) is 11.3 Å². The molecule has 2 aliphatic rings. The second-order valence-electron chi connectivity index (χ2n) is 11.7. The second kappa shape index (κ2) is 11.9. The van der Waals surface area contributed by atoms with E-state index in [-0.39, 0.29) is 30.3 Å². The van der Waals surface area contributed by atoms with Crippen LogP contribution in [0.25, 0.3) is 0 Å². The molecule has 38 heavy (non-hydrogen) atoms. The predicted octanol–water partition coefficient (Wildman–Crippen LogP) is 6.91. The lowest BCUT2D eigenvalue weighted by Gasteiger charge is -2.40. The number of rotatable bonds is 11. The number of nitrogens with one attached hydrogen (secondary N) is 1. The van der Waals surface area contributed by atoms with E-state index in [1.807, 2.05) is 30.5 Å². The molecule has 204 valence electrons. The molecule has 2 N–H and O–H groups in total. The Morgan fingerprint density at radius 2 is 1.97 bits per heavy atom. The lowest BCUT2D eigenvalue weighted by molar-refractivity contribution is -0.137. The Hall–Kier alpha value is -2.83. The highest BCUT2D eigenvalue weighted by molar-refractivity contribution is 6.31. The fourth-order valence-corrected chi connectivity index (χ4v) is 5.73. The van der Waals surface area contributed by atoms with Crippen molar-refractivity contribution in [1.82, 2.24) is 10.2 Å². The molecule has 0 aromatic heterocycles. The molecular formula is C31H39ClN2O4. The lowest BCUT2D eigenvalue weighted by atomic mass is 9.80. The van der Waals surface area contributed by atoms with Gasteiger partial charge in [-0.25, -0.2) is 4.79 Å². The number of carbonyl (C=O) groups excluding carboxylic acids is 1. The summed E-state index contributed by atoms with van der Waals surface area (Å²) in [7, 11) is 0. The number of aliphatic carboxylic acids is 1. The first-order chi connectivity index (χ1) is 18.1. The van der Waals surface area contributed by atoms with Crippen molar-refractivity contribution in [3.05, 3.63) is 82.0 Å². The zero-order valence-corrected chi connectivity index (χ0v) is 23.4. The Bertz CT molecular complexity index is 1170. The average molecular weight is 539 g/mol. The zero-order chi connectivity index (χ0) is 27.3. The van der Waals surface area contributed by atoms with Crippen LogP contribution in [-0.4, -0.2) is 35.2 Å². The molecule has 2 unspecified atom stereocenters. The Morgan fingerprint density at radius 3 is 2.66 bits per heavy atom. The first-order valence-electron chi connectivity index (χ1n) is 13.5. The van der Waals surface area contributed by atoms with E-state index in [0.717, 1.165) is 59.4 Å². The van der Waals surface area contributed by atoms with Crippen molar-refractivity contribution in [3.63, 3.8) is 0 Å². The molecule has 0 saturated heterocycles. The summed E-state index contributed by atoms with van der Waals surface area (Å²) >= 11 is 6.78. The molecular weight excluding hydrogens is 500 g/mol. The Kier molecular flexibility index (Phi) is 8.84. The molecule has 2 aromatic carbocycles. The summed E-state index contributed by atoms with van der Waals surface area (Å²) in [5.41, 5.74) is 3.90. The van der Waals surface area contributed by atoms with Crippen molar-refractivity contribution in [2.24, 2.45) is 11.3 Å². The minimum absolute atomic E-state index is 0.108. The van der Waals surface area contributed by atoms with Gasteiger partial charge in [-0.1, -0.05) is 74.8 Å². The van der Waals surface area contributed by atoms with Crippen LogP contribution in [0.2, 0.25) is 5.02 Å².